The van der Waals surface area contributed by atoms with Gasteiger partial charge in [-0.05, 0) is 36.8 Å². The molecule has 0 bridgehead atoms. The van der Waals surface area contributed by atoms with Gasteiger partial charge in [0.25, 0.3) is 0 Å². The molecule has 2 aromatic rings. The molecule has 0 aliphatic rings. The number of benzene rings is 1. The monoisotopic (exact) mass is 204 g/mol. The van der Waals surface area contributed by atoms with Crippen LogP contribution in [0.4, 0.5) is 0 Å². The summed E-state index contributed by atoms with van der Waals surface area (Å²) in [4.78, 5) is 1.50. The summed E-state index contributed by atoms with van der Waals surface area (Å²) in [7, 11) is 0. The van der Waals surface area contributed by atoms with Crippen molar-refractivity contribution < 1.29 is 0 Å². The molecule has 0 aliphatic carbocycles. The van der Waals surface area contributed by atoms with Gasteiger partial charge in [-0.1, -0.05) is 31.5 Å². The average molecular weight is 204 g/mol. The maximum atomic E-state index is 2.34. The van der Waals surface area contributed by atoms with E-state index >= 15 is 0 Å². The zero-order chi connectivity index (χ0) is 10.1. The number of hydrogen-bond donors (Lipinski definition) is 0. The molecule has 0 spiro atoms. The van der Waals surface area contributed by atoms with Gasteiger partial charge in [-0.2, -0.15) is 0 Å². The van der Waals surface area contributed by atoms with Crippen LogP contribution in [0, 0.1) is 6.92 Å². The molecule has 1 aromatic carbocycles. The van der Waals surface area contributed by atoms with Crippen LogP contribution >= 0.6 is 11.3 Å². The fourth-order valence-corrected chi connectivity index (χ4v) is 3.04. The third kappa shape index (κ3) is 1.57. The quantitative estimate of drug-likeness (QED) is 0.683. The molecule has 0 saturated carbocycles. The Bertz CT molecular complexity index is 451. The lowest BCUT2D eigenvalue weighted by atomic mass is 10.1. The second-order valence-electron chi connectivity index (χ2n) is 3.76. The summed E-state index contributed by atoms with van der Waals surface area (Å²) in [5.74, 6) is 0. The minimum Gasteiger partial charge on any atom is -0.140 e. The van der Waals surface area contributed by atoms with Crippen molar-refractivity contribution in [1.82, 2.24) is 0 Å². The van der Waals surface area contributed by atoms with Crippen molar-refractivity contribution >= 4 is 21.4 Å². The van der Waals surface area contributed by atoms with Crippen LogP contribution in [-0.4, -0.2) is 0 Å². The normalized spacial score (nSPS) is 11.1. The number of aryl methyl sites for hydroxylation is 3. The van der Waals surface area contributed by atoms with Crippen molar-refractivity contribution in [3.63, 3.8) is 0 Å². The van der Waals surface area contributed by atoms with Crippen LogP contribution in [0.5, 0.6) is 0 Å². The molecule has 0 atom stereocenters. The van der Waals surface area contributed by atoms with Gasteiger partial charge >= 0.3 is 0 Å². The first-order valence-electron chi connectivity index (χ1n) is 5.26. The van der Waals surface area contributed by atoms with Crippen molar-refractivity contribution in [1.29, 1.82) is 0 Å². The highest BCUT2D eigenvalue weighted by molar-refractivity contribution is 7.19. The van der Waals surface area contributed by atoms with E-state index < -0.39 is 0 Å². The standard InChI is InChI=1S/C13H16S/c1-4-10-6-9(3)7-11-8-12(5-2)14-13(10)11/h6-8H,4-5H2,1-3H3. The van der Waals surface area contributed by atoms with Crippen molar-refractivity contribution in [2.45, 2.75) is 33.6 Å². The van der Waals surface area contributed by atoms with Crippen LogP contribution in [0.1, 0.15) is 29.9 Å². The molecule has 2 rings (SSSR count). The van der Waals surface area contributed by atoms with E-state index in [0.717, 1.165) is 12.8 Å². The maximum absolute atomic E-state index is 2.34. The second-order valence-corrected chi connectivity index (χ2v) is 4.90. The average Bonchev–Trinajstić information content (AvgIpc) is 2.59. The molecule has 0 aliphatic heterocycles. The predicted molar refractivity (Wildman–Crippen MR) is 65.3 cm³/mol. The molecule has 0 N–H and O–H groups in total. The largest absolute Gasteiger partial charge is 0.140 e. The minimum atomic E-state index is 1.14. The third-order valence-corrected chi connectivity index (χ3v) is 3.99. The third-order valence-electron chi connectivity index (χ3n) is 2.62. The van der Waals surface area contributed by atoms with E-state index in [9.17, 15) is 0 Å². The molecule has 1 heterocycles. The lowest BCUT2D eigenvalue weighted by Gasteiger charge is -2.00. The van der Waals surface area contributed by atoms with Gasteiger partial charge in [-0.15, -0.1) is 11.3 Å². The van der Waals surface area contributed by atoms with Crippen LogP contribution in [0.15, 0.2) is 18.2 Å². The Kier molecular flexibility index (Phi) is 2.60. The molecular formula is C13H16S. The second kappa shape index (κ2) is 3.74. The highest BCUT2D eigenvalue weighted by Gasteiger charge is 2.05. The van der Waals surface area contributed by atoms with E-state index in [1.807, 2.05) is 11.3 Å². The van der Waals surface area contributed by atoms with Gasteiger partial charge in [0.05, 0.1) is 0 Å². The SMILES string of the molecule is CCc1cc2cc(C)cc(CC)c2s1. The lowest BCUT2D eigenvalue weighted by Crippen LogP contribution is -1.81. The van der Waals surface area contributed by atoms with Gasteiger partial charge in [0, 0.05) is 9.58 Å². The number of rotatable bonds is 2. The number of thiophene rings is 1. The van der Waals surface area contributed by atoms with Crippen LogP contribution in [0.25, 0.3) is 10.1 Å². The first kappa shape index (κ1) is 9.72. The maximum Gasteiger partial charge on any atom is 0.0377 e. The van der Waals surface area contributed by atoms with E-state index in [1.165, 1.54) is 26.1 Å². The summed E-state index contributed by atoms with van der Waals surface area (Å²) in [6.07, 6.45) is 2.30. The molecule has 0 amide bonds. The summed E-state index contributed by atoms with van der Waals surface area (Å²) < 4.78 is 1.50. The van der Waals surface area contributed by atoms with E-state index in [0.29, 0.717) is 0 Å². The molecule has 1 aromatic heterocycles. The zero-order valence-electron chi connectivity index (χ0n) is 9.05. The molecule has 0 unspecified atom stereocenters. The van der Waals surface area contributed by atoms with Crippen molar-refractivity contribution in [2.75, 3.05) is 0 Å². The fourth-order valence-electron chi connectivity index (χ4n) is 1.88. The van der Waals surface area contributed by atoms with E-state index in [-0.39, 0.29) is 0 Å². The molecular weight excluding hydrogens is 188 g/mol. The van der Waals surface area contributed by atoms with Gasteiger partial charge in [0.15, 0.2) is 0 Å². The van der Waals surface area contributed by atoms with Crippen molar-refractivity contribution in [3.8, 4) is 0 Å². The molecule has 0 nitrogen and oxygen atoms in total. The first-order chi connectivity index (χ1) is 6.74. The predicted octanol–water partition coefficient (Wildman–Crippen LogP) is 4.33. The topological polar surface area (TPSA) is 0 Å². The summed E-state index contributed by atoms with van der Waals surface area (Å²) in [5.41, 5.74) is 2.89. The van der Waals surface area contributed by atoms with Gasteiger partial charge in [-0.25, -0.2) is 0 Å². The van der Waals surface area contributed by atoms with E-state index in [1.54, 1.807) is 0 Å². The highest BCUT2D eigenvalue weighted by atomic mass is 32.1. The number of hydrogen-bond acceptors (Lipinski definition) is 1. The highest BCUT2D eigenvalue weighted by Crippen LogP contribution is 2.30. The Hall–Kier alpha value is -0.820. The van der Waals surface area contributed by atoms with Gasteiger partial charge in [0.2, 0.25) is 0 Å². The van der Waals surface area contributed by atoms with E-state index in [2.05, 4.69) is 39.0 Å². The summed E-state index contributed by atoms with van der Waals surface area (Å²) in [6, 6.07) is 6.95. The van der Waals surface area contributed by atoms with Gasteiger partial charge in [0.1, 0.15) is 0 Å². The first-order valence-corrected chi connectivity index (χ1v) is 6.08. The van der Waals surface area contributed by atoms with Crippen molar-refractivity contribution in [2.24, 2.45) is 0 Å². The Balaban J connectivity index is 2.71. The Morgan fingerprint density at radius 3 is 2.50 bits per heavy atom. The Morgan fingerprint density at radius 1 is 1.07 bits per heavy atom. The van der Waals surface area contributed by atoms with Crippen LogP contribution in [-0.2, 0) is 12.8 Å². The summed E-state index contributed by atoms with van der Waals surface area (Å²) in [6.45, 7) is 6.64. The molecule has 0 saturated heterocycles. The summed E-state index contributed by atoms with van der Waals surface area (Å²) >= 11 is 1.96. The fraction of sp³-hybridized carbons (Fsp3) is 0.385. The van der Waals surface area contributed by atoms with Gasteiger partial charge in [-0.3, -0.25) is 0 Å². The van der Waals surface area contributed by atoms with Crippen LogP contribution in [0.2, 0.25) is 0 Å². The minimum absolute atomic E-state index is 1.14. The van der Waals surface area contributed by atoms with E-state index in [4.69, 9.17) is 0 Å². The molecule has 0 radical (unpaired) electrons. The Morgan fingerprint density at radius 2 is 1.86 bits per heavy atom. The molecule has 74 valence electrons. The summed E-state index contributed by atoms with van der Waals surface area (Å²) in [5, 5.41) is 1.43. The van der Waals surface area contributed by atoms with Crippen LogP contribution in [0.3, 0.4) is 0 Å². The smallest absolute Gasteiger partial charge is 0.0377 e. The molecule has 14 heavy (non-hydrogen) atoms. The number of fused-ring (bicyclic) bond motifs is 1. The van der Waals surface area contributed by atoms with Crippen LogP contribution < -0.4 is 0 Å². The van der Waals surface area contributed by atoms with Crippen molar-refractivity contribution in [3.05, 3.63) is 34.2 Å². The zero-order valence-corrected chi connectivity index (χ0v) is 9.87. The molecule has 0 fully saturated rings. The molecule has 1 heteroatoms. The lowest BCUT2D eigenvalue weighted by molar-refractivity contribution is 1.16. The van der Waals surface area contributed by atoms with Gasteiger partial charge < -0.3 is 0 Å². The Labute approximate surface area is 89.6 Å².